The summed E-state index contributed by atoms with van der Waals surface area (Å²) in [6.45, 7) is 0. The van der Waals surface area contributed by atoms with E-state index in [-0.39, 0.29) is 5.01 Å². The van der Waals surface area contributed by atoms with Gasteiger partial charge in [0.25, 0.3) is 0 Å². The molecule has 2 amide bonds. The summed E-state index contributed by atoms with van der Waals surface area (Å²) in [7, 11) is 0. The maximum absolute atomic E-state index is 12.4. The van der Waals surface area contributed by atoms with E-state index in [1.165, 1.54) is 0 Å². The molecule has 0 heterocycles. The summed E-state index contributed by atoms with van der Waals surface area (Å²) < 4.78 is 37.3. The molecule has 0 spiro atoms. The van der Waals surface area contributed by atoms with E-state index in [0.717, 1.165) is 6.07 Å². The third-order valence-corrected chi connectivity index (χ3v) is 2.19. The standard InChI is InChI=1S/C8H5ClF3N3O3/c9-5-2-1-4(8(10,11)12)3-6(5)14(7(13)16)15(17)18/h1-3H,(H2,13,16). The number of nitro groups is 1. The minimum absolute atomic E-state index is 0.266. The molecule has 0 saturated heterocycles. The topological polar surface area (TPSA) is 89.5 Å². The van der Waals surface area contributed by atoms with Gasteiger partial charge in [-0.05, 0) is 23.2 Å². The van der Waals surface area contributed by atoms with Crippen molar-refractivity contribution in [3.05, 3.63) is 38.9 Å². The van der Waals surface area contributed by atoms with Gasteiger partial charge in [-0.2, -0.15) is 13.2 Å². The lowest BCUT2D eigenvalue weighted by Gasteiger charge is -2.13. The second kappa shape index (κ2) is 4.69. The van der Waals surface area contributed by atoms with Crippen LogP contribution in [0, 0.1) is 10.1 Å². The SMILES string of the molecule is NC(=O)N(c1cc(C(F)(F)F)ccc1Cl)[N+](=O)[O-]. The fourth-order valence-corrected chi connectivity index (χ4v) is 1.34. The number of nitrogens with zero attached hydrogens (tertiary/aromatic N) is 2. The molecule has 18 heavy (non-hydrogen) atoms. The van der Waals surface area contributed by atoms with Crippen LogP contribution in [0.15, 0.2) is 18.2 Å². The third kappa shape index (κ3) is 2.80. The van der Waals surface area contributed by atoms with Crippen molar-refractivity contribution in [2.75, 3.05) is 5.01 Å². The van der Waals surface area contributed by atoms with Gasteiger partial charge in [-0.3, -0.25) is 0 Å². The lowest BCUT2D eigenvalue weighted by molar-refractivity contribution is -0.481. The zero-order chi connectivity index (χ0) is 14.1. The van der Waals surface area contributed by atoms with Gasteiger partial charge in [-0.1, -0.05) is 11.6 Å². The maximum atomic E-state index is 12.4. The highest BCUT2D eigenvalue weighted by molar-refractivity contribution is 6.33. The van der Waals surface area contributed by atoms with Crippen LogP contribution in [0.5, 0.6) is 0 Å². The summed E-state index contributed by atoms with van der Waals surface area (Å²) in [4.78, 5) is 21.4. The summed E-state index contributed by atoms with van der Waals surface area (Å²) in [6.07, 6.45) is -4.72. The number of amides is 2. The first-order chi connectivity index (χ1) is 8.14. The normalized spacial score (nSPS) is 11.1. The zero-order valence-corrected chi connectivity index (χ0v) is 9.20. The average molecular weight is 284 g/mol. The van der Waals surface area contributed by atoms with Crippen LogP contribution in [0.1, 0.15) is 5.56 Å². The van der Waals surface area contributed by atoms with Crippen LogP contribution < -0.4 is 10.7 Å². The third-order valence-electron chi connectivity index (χ3n) is 1.87. The molecule has 0 aliphatic rings. The van der Waals surface area contributed by atoms with E-state index in [2.05, 4.69) is 0 Å². The van der Waals surface area contributed by atoms with Crippen LogP contribution in [-0.2, 0) is 6.18 Å². The van der Waals surface area contributed by atoms with Crippen molar-refractivity contribution in [3.63, 3.8) is 0 Å². The Kier molecular flexibility index (Phi) is 3.65. The van der Waals surface area contributed by atoms with Crippen molar-refractivity contribution in [3.8, 4) is 0 Å². The predicted molar refractivity (Wildman–Crippen MR) is 55.5 cm³/mol. The Hall–Kier alpha value is -2.03. The van der Waals surface area contributed by atoms with E-state index in [0.29, 0.717) is 12.1 Å². The molecule has 0 saturated carbocycles. The Balaban J connectivity index is 3.39. The van der Waals surface area contributed by atoms with Crippen LogP contribution in [0.2, 0.25) is 5.02 Å². The van der Waals surface area contributed by atoms with Crippen molar-refractivity contribution < 1.29 is 23.0 Å². The van der Waals surface area contributed by atoms with Crippen LogP contribution >= 0.6 is 11.6 Å². The van der Waals surface area contributed by atoms with Crippen molar-refractivity contribution in [1.29, 1.82) is 0 Å². The molecule has 0 bridgehead atoms. The number of alkyl halides is 3. The van der Waals surface area contributed by atoms with Gasteiger partial charge in [-0.25, -0.2) is 14.9 Å². The summed E-state index contributed by atoms with van der Waals surface area (Å²) in [5.41, 5.74) is 2.77. The molecular formula is C8H5ClF3N3O3. The molecule has 1 aromatic rings. The van der Waals surface area contributed by atoms with Crippen molar-refractivity contribution in [1.82, 2.24) is 0 Å². The number of halogens is 4. The second-order valence-electron chi connectivity index (χ2n) is 3.05. The van der Waals surface area contributed by atoms with Gasteiger partial charge >= 0.3 is 12.2 Å². The first kappa shape index (κ1) is 14.0. The van der Waals surface area contributed by atoms with E-state index in [9.17, 15) is 28.1 Å². The Labute approximate surface area is 103 Å². The minimum Gasteiger partial charge on any atom is -0.347 e. The highest BCUT2D eigenvalue weighted by Gasteiger charge is 2.34. The molecule has 0 unspecified atom stereocenters. The number of nitrogens with two attached hydrogens (primary N) is 1. The summed E-state index contributed by atoms with van der Waals surface area (Å²) in [6, 6.07) is 0.237. The van der Waals surface area contributed by atoms with E-state index < -0.39 is 33.5 Å². The molecule has 6 nitrogen and oxygen atoms in total. The molecule has 0 aliphatic heterocycles. The van der Waals surface area contributed by atoms with Crippen molar-refractivity contribution >= 4 is 23.3 Å². The predicted octanol–water partition coefficient (Wildman–Crippen LogP) is 2.44. The fourth-order valence-electron chi connectivity index (χ4n) is 1.14. The minimum atomic E-state index is -4.72. The number of primary amides is 1. The number of benzene rings is 1. The molecule has 0 atom stereocenters. The highest BCUT2D eigenvalue weighted by Crippen LogP contribution is 2.35. The van der Waals surface area contributed by atoms with Gasteiger partial charge in [-0.15, -0.1) is 0 Å². The van der Waals surface area contributed by atoms with Crippen LogP contribution in [0.25, 0.3) is 0 Å². The molecule has 0 radical (unpaired) electrons. The van der Waals surface area contributed by atoms with Crippen LogP contribution in [0.3, 0.4) is 0 Å². The van der Waals surface area contributed by atoms with Crippen LogP contribution in [-0.4, -0.2) is 11.1 Å². The monoisotopic (exact) mass is 283 g/mol. The van der Waals surface area contributed by atoms with E-state index in [1.807, 2.05) is 0 Å². The molecule has 10 heteroatoms. The number of hydrazine groups is 1. The van der Waals surface area contributed by atoms with Gasteiger partial charge < -0.3 is 5.73 Å². The zero-order valence-electron chi connectivity index (χ0n) is 8.44. The second-order valence-corrected chi connectivity index (χ2v) is 3.46. The van der Waals surface area contributed by atoms with Gasteiger partial charge in [0.05, 0.1) is 10.6 Å². The molecule has 0 aromatic heterocycles. The fraction of sp³-hybridized carbons (Fsp3) is 0.125. The Bertz CT molecular complexity index is 492. The number of carbonyl (C=O) groups is 1. The van der Waals surface area contributed by atoms with E-state index in [1.54, 1.807) is 0 Å². The van der Waals surface area contributed by atoms with Gasteiger partial charge in [0, 0.05) is 0 Å². The molecule has 0 fully saturated rings. The molecule has 2 N–H and O–H groups in total. The Morgan fingerprint density at radius 3 is 2.39 bits per heavy atom. The molecule has 1 aromatic carbocycles. The lowest BCUT2D eigenvalue weighted by atomic mass is 10.2. The smallest absolute Gasteiger partial charge is 0.347 e. The largest absolute Gasteiger partial charge is 0.416 e. The van der Waals surface area contributed by atoms with Crippen molar-refractivity contribution in [2.24, 2.45) is 5.73 Å². The number of urea groups is 1. The quantitative estimate of drug-likeness (QED) is 0.667. The molecule has 1 rings (SSSR count). The van der Waals surface area contributed by atoms with Gasteiger partial charge in [0.1, 0.15) is 5.69 Å². The van der Waals surface area contributed by atoms with E-state index >= 15 is 0 Å². The number of carbonyl (C=O) groups excluding carboxylic acids is 1. The Morgan fingerprint density at radius 2 is 2.00 bits per heavy atom. The summed E-state index contributed by atoms with van der Waals surface area (Å²) >= 11 is 5.51. The summed E-state index contributed by atoms with van der Waals surface area (Å²) in [5, 5.41) is 8.61. The number of hydrogen-bond acceptors (Lipinski definition) is 3. The lowest BCUT2D eigenvalue weighted by Crippen LogP contribution is -2.40. The Morgan fingerprint density at radius 1 is 1.44 bits per heavy atom. The number of rotatable bonds is 2. The number of anilines is 1. The van der Waals surface area contributed by atoms with Gasteiger partial charge in [0.2, 0.25) is 0 Å². The summed E-state index contributed by atoms with van der Waals surface area (Å²) in [5.74, 6) is 0. The number of hydrogen-bond donors (Lipinski definition) is 1. The maximum Gasteiger partial charge on any atom is 0.416 e. The molecular weight excluding hydrogens is 279 g/mol. The molecule has 98 valence electrons. The average Bonchev–Trinajstić information content (AvgIpc) is 2.18. The first-order valence-electron chi connectivity index (χ1n) is 4.25. The van der Waals surface area contributed by atoms with Crippen LogP contribution in [0.4, 0.5) is 23.7 Å². The van der Waals surface area contributed by atoms with E-state index in [4.69, 9.17) is 17.3 Å². The first-order valence-corrected chi connectivity index (χ1v) is 4.63. The molecule has 0 aliphatic carbocycles. The van der Waals surface area contributed by atoms with Gasteiger partial charge in [0.15, 0.2) is 5.03 Å². The highest BCUT2D eigenvalue weighted by atomic mass is 35.5. The van der Waals surface area contributed by atoms with Crippen molar-refractivity contribution in [2.45, 2.75) is 6.18 Å².